The largest absolute Gasteiger partial charge is 0.342 e. The van der Waals surface area contributed by atoms with E-state index in [0.29, 0.717) is 0 Å². The second kappa shape index (κ2) is 4.28. The van der Waals surface area contributed by atoms with Crippen LogP contribution >= 0.6 is 0 Å². The molecule has 0 saturated carbocycles. The lowest BCUT2D eigenvalue weighted by Crippen LogP contribution is -2.27. The predicted molar refractivity (Wildman–Crippen MR) is 80.3 cm³/mol. The van der Waals surface area contributed by atoms with E-state index in [1.165, 1.54) is 6.21 Å². The van der Waals surface area contributed by atoms with Gasteiger partial charge in [0.1, 0.15) is 0 Å². The normalized spacial score (nSPS) is 12.2. The third kappa shape index (κ3) is 1.63. The minimum Gasteiger partial charge on any atom is -0.342 e. The van der Waals surface area contributed by atoms with Gasteiger partial charge in [-0.05, 0) is 24.3 Å². The Kier molecular flexibility index (Phi) is 2.60. The van der Waals surface area contributed by atoms with Crippen molar-refractivity contribution >= 4 is 29.9 Å². The molecule has 3 rings (SSSR count). The van der Waals surface area contributed by atoms with Crippen molar-refractivity contribution in [2.75, 3.05) is 0 Å². The maximum Gasteiger partial charge on any atom is 0.0782 e. The standard InChI is InChI=1S/C16H15N3/c1-12-14(8-10-17)18(2)15-9-11-19(16(12)15)13-6-4-3-5-7-13/h3-11,17H,1H2,2H3/b14-8+,17-10?. The molecule has 3 heteroatoms. The Balaban J connectivity index is 2.42. The predicted octanol–water partition coefficient (Wildman–Crippen LogP) is 1.81. The molecule has 0 bridgehead atoms. The van der Waals surface area contributed by atoms with Crippen LogP contribution in [0, 0.1) is 5.41 Å². The molecule has 3 aromatic rings. The molecule has 0 unspecified atom stereocenters. The van der Waals surface area contributed by atoms with Gasteiger partial charge < -0.3 is 14.5 Å². The molecule has 0 amide bonds. The first-order chi connectivity index (χ1) is 9.24. The van der Waals surface area contributed by atoms with Crippen LogP contribution in [0.5, 0.6) is 0 Å². The summed E-state index contributed by atoms with van der Waals surface area (Å²) >= 11 is 0. The van der Waals surface area contributed by atoms with Crippen LogP contribution in [-0.4, -0.2) is 15.3 Å². The lowest BCUT2D eigenvalue weighted by Gasteiger charge is -2.02. The highest BCUT2D eigenvalue weighted by atomic mass is 15.0. The molecule has 0 radical (unpaired) electrons. The van der Waals surface area contributed by atoms with Gasteiger partial charge in [-0.3, -0.25) is 0 Å². The van der Waals surface area contributed by atoms with Gasteiger partial charge in [0.15, 0.2) is 0 Å². The van der Waals surface area contributed by atoms with Crippen LogP contribution in [0.1, 0.15) is 0 Å². The first kappa shape index (κ1) is 11.5. The van der Waals surface area contributed by atoms with Gasteiger partial charge >= 0.3 is 0 Å². The number of nitrogens with zero attached hydrogens (tertiary/aromatic N) is 2. The van der Waals surface area contributed by atoms with E-state index in [1.807, 2.05) is 25.2 Å². The molecule has 0 saturated heterocycles. The number of aromatic nitrogens is 2. The SMILES string of the molecule is C=c1/c(=C\C=N)n(C)c2ccn(-c3ccccc3)c12. The van der Waals surface area contributed by atoms with Crippen LogP contribution in [0.15, 0.2) is 42.6 Å². The van der Waals surface area contributed by atoms with E-state index in [0.717, 1.165) is 27.3 Å². The average molecular weight is 249 g/mol. The summed E-state index contributed by atoms with van der Waals surface area (Å²) in [6.07, 6.45) is 5.14. The summed E-state index contributed by atoms with van der Waals surface area (Å²) in [6, 6.07) is 12.3. The quantitative estimate of drug-likeness (QED) is 0.672. The lowest BCUT2D eigenvalue weighted by atomic mass is 10.3. The molecule has 1 N–H and O–H groups in total. The van der Waals surface area contributed by atoms with E-state index in [-0.39, 0.29) is 0 Å². The number of fused-ring (bicyclic) bond motifs is 1. The molecule has 0 fully saturated rings. The van der Waals surface area contributed by atoms with Crippen molar-refractivity contribution in [3.05, 3.63) is 53.2 Å². The molecule has 2 aromatic heterocycles. The molecule has 0 aliphatic heterocycles. The number of nitrogens with one attached hydrogen (secondary N) is 1. The van der Waals surface area contributed by atoms with Crippen molar-refractivity contribution in [2.45, 2.75) is 0 Å². The minimum atomic E-state index is 0.954. The van der Waals surface area contributed by atoms with Crippen molar-refractivity contribution in [3.63, 3.8) is 0 Å². The number of aryl methyl sites for hydroxylation is 1. The molecule has 3 nitrogen and oxygen atoms in total. The molecule has 0 aliphatic rings. The number of rotatable bonds is 2. The second-order valence-electron chi connectivity index (χ2n) is 4.51. The van der Waals surface area contributed by atoms with Crippen LogP contribution in [0.25, 0.3) is 29.4 Å². The minimum absolute atomic E-state index is 0.954. The molecule has 94 valence electrons. The van der Waals surface area contributed by atoms with Gasteiger partial charge in [-0.1, -0.05) is 24.8 Å². The highest BCUT2D eigenvalue weighted by molar-refractivity contribution is 5.90. The Morgan fingerprint density at radius 3 is 2.58 bits per heavy atom. The maximum atomic E-state index is 7.25. The molecule has 0 atom stereocenters. The van der Waals surface area contributed by atoms with Crippen molar-refractivity contribution in [1.82, 2.24) is 9.13 Å². The fraction of sp³-hybridized carbons (Fsp3) is 0.0625. The van der Waals surface area contributed by atoms with Gasteiger partial charge in [0, 0.05) is 30.4 Å². The van der Waals surface area contributed by atoms with Crippen LogP contribution in [-0.2, 0) is 7.05 Å². The maximum absolute atomic E-state index is 7.25. The summed E-state index contributed by atoms with van der Waals surface area (Å²) in [7, 11) is 2.00. The Morgan fingerprint density at radius 2 is 1.89 bits per heavy atom. The molecule has 19 heavy (non-hydrogen) atoms. The number of hydrogen-bond donors (Lipinski definition) is 1. The van der Waals surface area contributed by atoms with E-state index in [2.05, 4.69) is 40.1 Å². The average Bonchev–Trinajstić information content (AvgIpc) is 2.97. The van der Waals surface area contributed by atoms with E-state index >= 15 is 0 Å². The fourth-order valence-corrected chi connectivity index (χ4v) is 2.54. The Labute approximate surface area is 111 Å². The fourth-order valence-electron chi connectivity index (χ4n) is 2.54. The summed E-state index contributed by atoms with van der Waals surface area (Å²) < 4.78 is 4.21. The molecular formula is C16H15N3. The van der Waals surface area contributed by atoms with Gasteiger partial charge in [0.05, 0.1) is 16.4 Å². The lowest BCUT2D eigenvalue weighted by molar-refractivity contribution is 0.927. The van der Waals surface area contributed by atoms with Gasteiger partial charge in [0.25, 0.3) is 0 Å². The van der Waals surface area contributed by atoms with Crippen LogP contribution < -0.4 is 10.6 Å². The summed E-state index contributed by atoms with van der Waals surface area (Å²) in [5.41, 5.74) is 3.35. The van der Waals surface area contributed by atoms with E-state index in [9.17, 15) is 0 Å². The summed E-state index contributed by atoms with van der Waals surface area (Å²) in [6.45, 7) is 4.17. The first-order valence-electron chi connectivity index (χ1n) is 6.15. The molecule has 1 aromatic carbocycles. The molecule has 0 aliphatic carbocycles. The van der Waals surface area contributed by atoms with Crippen LogP contribution in [0.2, 0.25) is 0 Å². The highest BCUT2D eigenvalue weighted by Gasteiger charge is 2.09. The zero-order valence-electron chi connectivity index (χ0n) is 10.8. The Morgan fingerprint density at radius 1 is 1.16 bits per heavy atom. The monoisotopic (exact) mass is 249 g/mol. The van der Waals surface area contributed by atoms with E-state index in [4.69, 9.17) is 5.41 Å². The summed E-state index contributed by atoms with van der Waals surface area (Å²) in [5.74, 6) is 0. The zero-order valence-corrected chi connectivity index (χ0v) is 10.8. The molecule has 0 spiro atoms. The Hall–Kier alpha value is -2.55. The van der Waals surface area contributed by atoms with Gasteiger partial charge in [-0.2, -0.15) is 0 Å². The van der Waals surface area contributed by atoms with Crippen molar-refractivity contribution in [3.8, 4) is 5.69 Å². The van der Waals surface area contributed by atoms with E-state index < -0.39 is 0 Å². The number of hydrogen-bond acceptors (Lipinski definition) is 1. The Bertz CT molecular complexity index is 851. The van der Waals surface area contributed by atoms with Gasteiger partial charge in [-0.15, -0.1) is 0 Å². The van der Waals surface area contributed by atoms with Crippen molar-refractivity contribution < 1.29 is 0 Å². The highest BCUT2D eigenvalue weighted by Crippen LogP contribution is 2.16. The van der Waals surface area contributed by atoms with Crippen molar-refractivity contribution in [2.24, 2.45) is 7.05 Å². The summed E-state index contributed by atoms with van der Waals surface area (Å²) in [5, 5.41) is 9.18. The second-order valence-corrected chi connectivity index (χ2v) is 4.51. The first-order valence-corrected chi connectivity index (χ1v) is 6.15. The van der Waals surface area contributed by atoms with Crippen LogP contribution in [0.4, 0.5) is 0 Å². The third-order valence-electron chi connectivity index (χ3n) is 3.46. The smallest absolute Gasteiger partial charge is 0.0782 e. The molecular weight excluding hydrogens is 234 g/mol. The van der Waals surface area contributed by atoms with E-state index in [1.54, 1.807) is 6.08 Å². The molecule has 2 heterocycles. The van der Waals surface area contributed by atoms with Gasteiger partial charge in [-0.25, -0.2) is 0 Å². The number of benzene rings is 1. The number of para-hydroxylation sites is 1. The third-order valence-corrected chi connectivity index (χ3v) is 3.46. The van der Waals surface area contributed by atoms with Crippen LogP contribution in [0.3, 0.4) is 0 Å². The zero-order chi connectivity index (χ0) is 13.4. The summed E-state index contributed by atoms with van der Waals surface area (Å²) in [4.78, 5) is 0. The topological polar surface area (TPSA) is 33.7 Å². The van der Waals surface area contributed by atoms with Crippen molar-refractivity contribution in [1.29, 1.82) is 5.41 Å². The van der Waals surface area contributed by atoms with Gasteiger partial charge in [0.2, 0.25) is 0 Å².